The molecule has 5 heteroatoms. The van der Waals surface area contributed by atoms with Gasteiger partial charge >= 0.3 is 0 Å². The van der Waals surface area contributed by atoms with E-state index in [1.165, 1.54) is 20.3 Å². The zero-order valence-electron chi connectivity index (χ0n) is 19.7. The summed E-state index contributed by atoms with van der Waals surface area (Å²) < 4.78 is 25.1. The van der Waals surface area contributed by atoms with Crippen molar-refractivity contribution in [2.75, 3.05) is 27.4 Å². The Kier molecular flexibility index (Phi) is 7.09. The molecule has 1 saturated heterocycles. The second-order valence-electron chi connectivity index (χ2n) is 8.52. The van der Waals surface area contributed by atoms with E-state index >= 15 is 0 Å². The van der Waals surface area contributed by atoms with Crippen molar-refractivity contribution in [3.05, 3.63) is 117 Å². The maximum absolute atomic E-state index is 6.58. The van der Waals surface area contributed by atoms with Crippen molar-refractivity contribution in [2.24, 2.45) is 0 Å². The Labute approximate surface area is 220 Å². The second-order valence-corrected chi connectivity index (χ2v) is 9.77. The number of hydrogen-bond donors (Lipinski definition) is 0. The zero-order chi connectivity index (χ0) is 24.3. The average Bonchev–Trinajstić information content (AvgIpc) is 2.94. The highest BCUT2D eigenvalue weighted by Crippen LogP contribution is 2.42. The standard InChI is InChI=1S/C30H27IO4/c1-32-28-15-9-25(10-16-28)30(26-11-17-29(33-2)18-12-26)34-19-24(20-35-30)23-5-3-21(4-6-23)22-7-13-27(31)14-8-22/h3-18,24H,19-20H2,1-2H3. The molecule has 0 unspecified atom stereocenters. The first-order valence-corrected chi connectivity index (χ1v) is 12.6. The molecule has 178 valence electrons. The summed E-state index contributed by atoms with van der Waals surface area (Å²) >= 11 is 2.33. The molecule has 4 aromatic rings. The Balaban J connectivity index is 1.39. The molecule has 4 aromatic carbocycles. The van der Waals surface area contributed by atoms with Gasteiger partial charge in [-0.1, -0.05) is 36.4 Å². The van der Waals surface area contributed by atoms with Gasteiger partial charge in [-0.05, 0) is 99.9 Å². The molecule has 4 nitrogen and oxygen atoms in total. The van der Waals surface area contributed by atoms with Crippen LogP contribution in [0.5, 0.6) is 11.5 Å². The quantitative estimate of drug-likeness (QED) is 0.231. The van der Waals surface area contributed by atoms with Crippen LogP contribution in [0.25, 0.3) is 11.1 Å². The highest BCUT2D eigenvalue weighted by molar-refractivity contribution is 14.1. The molecular weight excluding hydrogens is 551 g/mol. The third kappa shape index (κ3) is 4.94. The number of rotatable bonds is 6. The molecule has 0 atom stereocenters. The maximum atomic E-state index is 6.58. The maximum Gasteiger partial charge on any atom is 0.222 e. The average molecular weight is 578 g/mol. The van der Waals surface area contributed by atoms with E-state index in [0.717, 1.165) is 22.6 Å². The van der Waals surface area contributed by atoms with Crippen LogP contribution in [0.15, 0.2) is 97.1 Å². The summed E-state index contributed by atoms with van der Waals surface area (Å²) in [5.74, 6) is 0.738. The molecule has 1 aliphatic rings. The first-order chi connectivity index (χ1) is 17.1. The highest BCUT2D eigenvalue weighted by atomic mass is 127. The van der Waals surface area contributed by atoms with Crippen molar-refractivity contribution in [1.82, 2.24) is 0 Å². The van der Waals surface area contributed by atoms with Gasteiger partial charge in [-0.15, -0.1) is 0 Å². The monoisotopic (exact) mass is 578 g/mol. The summed E-state index contributed by atoms with van der Waals surface area (Å²) in [6, 6.07) is 33.0. The van der Waals surface area contributed by atoms with Gasteiger partial charge in [-0.3, -0.25) is 0 Å². The van der Waals surface area contributed by atoms with Crippen LogP contribution in [-0.2, 0) is 15.3 Å². The number of halogens is 1. The van der Waals surface area contributed by atoms with E-state index in [9.17, 15) is 0 Å². The molecule has 0 radical (unpaired) electrons. The molecule has 0 spiro atoms. The van der Waals surface area contributed by atoms with Gasteiger partial charge in [-0.2, -0.15) is 0 Å². The first kappa shape index (κ1) is 23.9. The smallest absolute Gasteiger partial charge is 0.222 e. The van der Waals surface area contributed by atoms with Crippen molar-refractivity contribution in [3.8, 4) is 22.6 Å². The molecule has 0 amide bonds. The Hall–Kier alpha value is -2.87. The van der Waals surface area contributed by atoms with Gasteiger partial charge in [0.15, 0.2) is 0 Å². The van der Waals surface area contributed by atoms with Crippen LogP contribution < -0.4 is 9.47 Å². The summed E-state index contributed by atoms with van der Waals surface area (Å²) in [5.41, 5.74) is 5.48. The fourth-order valence-electron chi connectivity index (χ4n) is 4.43. The lowest BCUT2D eigenvalue weighted by Gasteiger charge is -2.41. The minimum atomic E-state index is -0.990. The van der Waals surface area contributed by atoms with E-state index in [-0.39, 0.29) is 5.92 Å². The van der Waals surface area contributed by atoms with Gasteiger partial charge in [0.25, 0.3) is 0 Å². The van der Waals surface area contributed by atoms with E-state index in [4.69, 9.17) is 18.9 Å². The van der Waals surface area contributed by atoms with Gasteiger partial charge < -0.3 is 18.9 Å². The molecule has 5 rings (SSSR count). The summed E-state index contributed by atoms with van der Waals surface area (Å²) in [7, 11) is 3.33. The van der Waals surface area contributed by atoms with Crippen LogP contribution in [0, 0.1) is 3.57 Å². The van der Waals surface area contributed by atoms with Crippen molar-refractivity contribution in [1.29, 1.82) is 0 Å². The van der Waals surface area contributed by atoms with Crippen molar-refractivity contribution < 1.29 is 18.9 Å². The Morgan fingerprint density at radius 2 is 1.06 bits per heavy atom. The van der Waals surface area contributed by atoms with Gasteiger partial charge in [0, 0.05) is 20.6 Å². The topological polar surface area (TPSA) is 36.9 Å². The van der Waals surface area contributed by atoms with Crippen LogP contribution in [0.1, 0.15) is 22.6 Å². The minimum absolute atomic E-state index is 0.144. The molecule has 0 aromatic heterocycles. The lowest BCUT2D eigenvalue weighted by atomic mass is 9.92. The lowest BCUT2D eigenvalue weighted by molar-refractivity contribution is -0.256. The molecule has 1 heterocycles. The van der Waals surface area contributed by atoms with Crippen molar-refractivity contribution in [2.45, 2.75) is 11.7 Å². The molecule has 0 N–H and O–H groups in total. The molecular formula is C30H27IO4. The molecule has 35 heavy (non-hydrogen) atoms. The summed E-state index contributed by atoms with van der Waals surface area (Å²) in [5, 5.41) is 0. The highest BCUT2D eigenvalue weighted by Gasteiger charge is 2.41. The second kappa shape index (κ2) is 10.4. The number of hydrogen-bond acceptors (Lipinski definition) is 4. The Bertz CT molecular complexity index is 1190. The lowest BCUT2D eigenvalue weighted by Crippen LogP contribution is -2.42. The summed E-state index contributed by atoms with van der Waals surface area (Å²) in [6.45, 7) is 1.09. The van der Waals surface area contributed by atoms with Gasteiger partial charge in [-0.25, -0.2) is 0 Å². The van der Waals surface area contributed by atoms with Crippen LogP contribution >= 0.6 is 22.6 Å². The van der Waals surface area contributed by atoms with Crippen molar-refractivity contribution >= 4 is 22.6 Å². The van der Waals surface area contributed by atoms with Crippen LogP contribution in [0.2, 0.25) is 0 Å². The van der Waals surface area contributed by atoms with Crippen LogP contribution in [0.3, 0.4) is 0 Å². The first-order valence-electron chi connectivity index (χ1n) is 11.5. The van der Waals surface area contributed by atoms with Crippen molar-refractivity contribution in [3.63, 3.8) is 0 Å². The van der Waals surface area contributed by atoms with E-state index in [0.29, 0.717) is 13.2 Å². The van der Waals surface area contributed by atoms with Gasteiger partial charge in [0.2, 0.25) is 5.79 Å². The Morgan fingerprint density at radius 3 is 1.49 bits per heavy atom. The van der Waals surface area contributed by atoms with Crippen LogP contribution in [-0.4, -0.2) is 27.4 Å². The molecule has 0 saturated carbocycles. The van der Waals surface area contributed by atoms with E-state index in [1.807, 2.05) is 48.5 Å². The fourth-order valence-corrected chi connectivity index (χ4v) is 4.79. The molecule has 0 aliphatic carbocycles. The zero-order valence-corrected chi connectivity index (χ0v) is 21.9. The predicted molar refractivity (Wildman–Crippen MR) is 146 cm³/mol. The SMILES string of the molecule is COc1ccc(C2(c3ccc(OC)cc3)OCC(c3ccc(-c4ccc(I)cc4)cc3)CO2)cc1. The number of ether oxygens (including phenoxy) is 4. The minimum Gasteiger partial charge on any atom is -0.497 e. The molecule has 0 bridgehead atoms. The van der Waals surface area contributed by atoms with Gasteiger partial charge in [0.05, 0.1) is 27.4 Å². The van der Waals surface area contributed by atoms with E-state index in [1.54, 1.807) is 14.2 Å². The third-order valence-corrected chi connectivity index (χ3v) is 7.19. The van der Waals surface area contributed by atoms with E-state index < -0.39 is 5.79 Å². The summed E-state index contributed by atoms with van der Waals surface area (Å²) in [4.78, 5) is 0. The number of benzene rings is 4. The number of methoxy groups -OCH3 is 2. The molecule has 1 aliphatic heterocycles. The largest absolute Gasteiger partial charge is 0.497 e. The Morgan fingerprint density at radius 1 is 0.629 bits per heavy atom. The normalized spacial score (nSPS) is 15.5. The van der Waals surface area contributed by atoms with Gasteiger partial charge in [0.1, 0.15) is 11.5 Å². The predicted octanol–water partition coefficient (Wildman–Crippen LogP) is 7.01. The molecule has 1 fully saturated rings. The fraction of sp³-hybridized carbons (Fsp3) is 0.200. The summed E-state index contributed by atoms with van der Waals surface area (Å²) in [6.07, 6.45) is 0. The third-order valence-electron chi connectivity index (χ3n) is 6.48. The van der Waals surface area contributed by atoms with Crippen LogP contribution in [0.4, 0.5) is 0 Å². The van der Waals surface area contributed by atoms with E-state index in [2.05, 4.69) is 71.1 Å².